The number of allylic oxidation sites excluding steroid dienone is 2. The van der Waals surface area contributed by atoms with Crippen LogP contribution < -0.4 is 5.32 Å². The lowest BCUT2D eigenvalue weighted by Crippen LogP contribution is -2.46. The molecule has 0 heterocycles. The van der Waals surface area contributed by atoms with Crippen molar-refractivity contribution in [2.24, 2.45) is 0 Å². The monoisotopic (exact) mass is 778 g/mol. The van der Waals surface area contributed by atoms with E-state index >= 15 is 0 Å². The van der Waals surface area contributed by atoms with Gasteiger partial charge in [-0.05, 0) is 51.4 Å². The summed E-state index contributed by atoms with van der Waals surface area (Å²) in [6.07, 6.45) is 47.1. The Morgan fingerprint density at radius 1 is 0.509 bits per heavy atom. The molecular formula is C49H95NO5. The lowest BCUT2D eigenvalue weighted by Gasteiger charge is -2.24. The van der Waals surface area contributed by atoms with Gasteiger partial charge in [0, 0.05) is 6.42 Å². The highest BCUT2D eigenvalue weighted by atomic mass is 16.5. The fourth-order valence-corrected chi connectivity index (χ4v) is 7.60. The second kappa shape index (κ2) is 43.7. The molecule has 3 unspecified atom stereocenters. The molecule has 0 bridgehead atoms. The molecular weight excluding hydrogens is 683 g/mol. The molecule has 0 aromatic heterocycles. The molecule has 55 heavy (non-hydrogen) atoms. The molecule has 0 aromatic rings. The normalized spacial score (nSPS) is 13.3. The number of hydrogen-bond donors (Lipinski definition) is 3. The van der Waals surface area contributed by atoms with Gasteiger partial charge in [-0.3, -0.25) is 9.59 Å². The molecule has 0 radical (unpaired) electrons. The molecule has 6 nitrogen and oxygen atoms in total. The van der Waals surface area contributed by atoms with Crippen molar-refractivity contribution in [1.29, 1.82) is 0 Å². The SMILES string of the molecule is CCCCC/C=C\CCCCCC(CC(=O)NC(CO)C(O)CCCCCCCCCCC)OC(=O)CCCCCCCCCCCCCCCCCCC. The maximum atomic E-state index is 13.1. The van der Waals surface area contributed by atoms with E-state index in [0.717, 1.165) is 70.6 Å². The quantitative estimate of drug-likeness (QED) is 0.0325. The molecule has 6 heteroatoms. The third kappa shape index (κ3) is 39.2. The fourth-order valence-electron chi connectivity index (χ4n) is 7.60. The van der Waals surface area contributed by atoms with Crippen molar-refractivity contribution in [3.8, 4) is 0 Å². The van der Waals surface area contributed by atoms with Crippen LogP contribution in [0.4, 0.5) is 0 Å². The molecule has 0 saturated carbocycles. The van der Waals surface area contributed by atoms with Crippen molar-refractivity contribution < 1.29 is 24.5 Å². The van der Waals surface area contributed by atoms with Gasteiger partial charge < -0.3 is 20.3 Å². The van der Waals surface area contributed by atoms with Crippen LogP contribution in [0.15, 0.2) is 12.2 Å². The molecule has 1 amide bonds. The highest BCUT2D eigenvalue weighted by Crippen LogP contribution is 2.18. The maximum Gasteiger partial charge on any atom is 0.306 e. The third-order valence-electron chi connectivity index (χ3n) is 11.3. The number of amides is 1. The zero-order chi connectivity index (χ0) is 40.3. The number of carbonyl (C=O) groups is 2. The summed E-state index contributed by atoms with van der Waals surface area (Å²) < 4.78 is 5.90. The largest absolute Gasteiger partial charge is 0.462 e. The maximum absolute atomic E-state index is 13.1. The second-order valence-electron chi connectivity index (χ2n) is 16.9. The first-order valence-electron chi connectivity index (χ1n) is 24.4. The molecule has 0 spiro atoms. The molecule has 326 valence electrons. The molecule has 0 rings (SSSR count). The highest BCUT2D eigenvalue weighted by molar-refractivity contribution is 5.77. The van der Waals surface area contributed by atoms with Crippen molar-refractivity contribution in [3.63, 3.8) is 0 Å². The summed E-state index contributed by atoms with van der Waals surface area (Å²) in [5, 5.41) is 23.6. The number of carbonyl (C=O) groups excluding carboxylic acids is 2. The van der Waals surface area contributed by atoms with Crippen LogP contribution in [0.25, 0.3) is 0 Å². The summed E-state index contributed by atoms with van der Waals surface area (Å²) in [6, 6.07) is -0.697. The Hall–Kier alpha value is -1.40. The van der Waals surface area contributed by atoms with Crippen LogP contribution in [0.2, 0.25) is 0 Å². The van der Waals surface area contributed by atoms with Crippen molar-refractivity contribution in [1.82, 2.24) is 5.32 Å². The van der Waals surface area contributed by atoms with Crippen molar-refractivity contribution in [3.05, 3.63) is 12.2 Å². The van der Waals surface area contributed by atoms with Crippen LogP contribution in [-0.4, -0.2) is 46.9 Å². The van der Waals surface area contributed by atoms with Gasteiger partial charge in [-0.1, -0.05) is 213 Å². The predicted molar refractivity (Wildman–Crippen MR) is 237 cm³/mol. The summed E-state index contributed by atoms with van der Waals surface area (Å²) in [4.78, 5) is 26.0. The van der Waals surface area contributed by atoms with Gasteiger partial charge in [-0.2, -0.15) is 0 Å². The average molecular weight is 778 g/mol. The fraction of sp³-hybridized carbons (Fsp3) is 0.918. The Bertz CT molecular complexity index is 832. The minimum atomic E-state index is -0.783. The first-order valence-corrected chi connectivity index (χ1v) is 24.4. The Balaban J connectivity index is 4.45. The second-order valence-corrected chi connectivity index (χ2v) is 16.9. The van der Waals surface area contributed by atoms with E-state index in [1.54, 1.807) is 0 Å². The zero-order valence-corrected chi connectivity index (χ0v) is 37.1. The predicted octanol–water partition coefficient (Wildman–Crippen LogP) is 14.2. The van der Waals surface area contributed by atoms with Crippen molar-refractivity contribution >= 4 is 11.9 Å². The van der Waals surface area contributed by atoms with E-state index in [4.69, 9.17) is 4.74 Å². The topological polar surface area (TPSA) is 95.9 Å². The first kappa shape index (κ1) is 53.6. The van der Waals surface area contributed by atoms with Crippen LogP contribution in [0.3, 0.4) is 0 Å². The average Bonchev–Trinajstić information content (AvgIpc) is 3.18. The minimum absolute atomic E-state index is 0.0728. The van der Waals surface area contributed by atoms with Gasteiger partial charge in [0.25, 0.3) is 0 Å². The van der Waals surface area contributed by atoms with E-state index in [-0.39, 0.29) is 24.9 Å². The van der Waals surface area contributed by atoms with Crippen molar-refractivity contribution in [2.45, 2.75) is 283 Å². The van der Waals surface area contributed by atoms with Gasteiger partial charge in [0.2, 0.25) is 5.91 Å². The lowest BCUT2D eigenvalue weighted by atomic mass is 10.0. The number of aliphatic hydroxyl groups excluding tert-OH is 2. The van der Waals surface area contributed by atoms with E-state index < -0.39 is 18.2 Å². The molecule has 0 aliphatic carbocycles. The number of rotatable bonds is 44. The molecule has 3 atom stereocenters. The number of aliphatic hydroxyl groups is 2. The van der Waals surface area contributed by atoms with Gasteiger partial charge in [0.15, 0.2) is 0 Å². The van der Waals surface area contributed by atoms with Gasteiger partial charge in [-0.25, -0.2) is 0 Å². The number of esters is 1. The summed E-state index contributed by atoms with van der Waals surface area (Å²) in [5.74, 6) is -0.478. The Kier molecular flexibility index (Phi) is 42.6. The van der Waals surface area contributed by atoms with Gasteiger partial charge in [0.05, 0.1) is 25.2 Å². The van der Waals surface area contributed by atoms with E-state index in [0.29, 0.717) is 19.3 Å². The van der Waals surface area contributed by atoms with Crippen molar-refractivity contribution in [2.75, 3.05) is 6.61 Å². The van der Waals surface area contributed by atoms with Crippen LogP contribution in [0.5, 0.6) is 0 Å². The molecule has 0 aromatic carbocycles. The highest BCUT2D eigenvalue weighted by Gasteiger charge is 2.24. The minimum Gasteiger partial charge on any atom is -0.462 e. The molecule has 0 fully saturated rings. The van der Waals surface area contributed by atoms with E-state index in [1.807, 2.05) is 0 Å². The number of nitrogens with one attached hydrogen (secondary N) is 1. The smallest absolute Gasteiger partial charge is 0.306 e. The van der Waals surface area contributed by atoms with E-state index in [9.17, 15) is 19.8 Å². The Morgan fingerprint density at radius 3 is 1.33 bits per heavy atom. The number of unbranched alkanes of at least 4 members (excludes halogenated alkanes) is 30. The van der Waals surface area contributed by atoms with Crippen LogP contribution in [-0.2, 0) is 14.3 Å². The number of hydrogen-bond acceptors (Lipinski definition) is 5. The zero-order valence-electron chi connectivity index (χ0n) is 37.1. The van der Waals surface area contributed by atoms with E-state index in [1.165, 1.54) is 148 Å². The summed E-state index contributed by atoms with van der Waals surface area (Å²) in [5.41, 5.74) is 0. The Labute approximate surface area is 342 Å². The molecule has 0 saturated heterocycles. The van der Waals surface area contributed by atoms with Crippen LogP contribution in [0, 0.1) is 0 Å². The standard InChI is InChI=1S/C49H95NO5/c1-4-7-10-13-16-19-21-22-23-24-25-26-27-30-33-36-39-42-49(54)55-45(40-37-34-31-29-20-17-14-11-8-5-2)43-48(53)50-46(44-51)47(52)41-38-35-32-28-18-15-12-9-6-3/h17,20,45-47,51-52H,4-16,18-19,21-44H2,1-3H3,(H,50,53)/b20-17-. The molecule has 0 aliphatic heterocycles. The number of ether oxygens (including phenoxy) is 1. The summed E-state index contributed by atoms with van der Waals surface area (Å²) >= 11 is 0. The van der Waals surface area contributed by atoms with Gasteiger partial charge in [-0.15, -0.1) is 0 Å². The van der Waals surface area contributed by atoms with Crippen LogP contribution in [0.1, 0.15) is 265 Å². The molecule has 0 aliphatic rings. The third-order valence-corrected chi connectivity index (χ3v) is 11.3. The first-order chi connectivity index (χ1) is 27.0. The van der Waals surface area contributed by atoms with Crippen LogP contribution >= 0.6 is 0 Å². The molecule has 3 N–H and O–H groups in total. The summed E-state index contributed by atoms with van der Waals surface area (Å²) in [6.45, 7) is 6.44. The van der Waals surface area contributed by atoms with Gasteiger partial charge in [0.1, 0.15) is 6.10 Å². The Morgan fingerprint density at radius 2 is 0.873 bits per heavy atom. The summed E-state index contributed by atoms with van der Waals surface area (Å²) in [7, 11) is 0. The van der Waals surface area contributed by atoms with E-state index in [2.05, 4.69) is 38.2 Å². The van der Waals surface area contributed by atoms with Gasteiger partial charge >= 0.3 is 5.97 Å². The lowest BCUT2D eigenvalue weighted by molar-refractivity contribution is -0.151.